The van der Waals surface area contributed by atoms with E-state index in [4.69, 9.17) is 0 Å². The lowest BCUT2D eigenvalue weighted by Crippen LogP contribution is -2.42. The van der Waals surface area contributed by atoms with E-state index in [1.54, 1.807) is 0 Å². The fourth-order valence-corrected chi connectivity index (χ4v) is 4.35. The molecule has 0 aliphatic carbocycles. The molecule has 1 unspecified atom stereocenters. The molecular weight excluding hydrogens is 334 g/mol. The molecule has 1 saturated heterocycles. The van der Waals surface area contributed by atoms with Gasteiger partial charge >= 0.3 is 0 Å². The van der Waals surface area contributed by atoms with Gasteiger partial charge in [-0.15, -0.1) is 12.4 Å². The Bertz CT molecular complexity index is 624. The maximum Gasteiger partial charge on any atom is 0.246 e. The van der Waals surface area contributed by atoms with Crippen LogP contribution in [-0.2, 0) is 10.0 Å². The van der Waals surface area contributed by atoms with Crippen molar-refractivity contribution in [2.75, 3.05) is 26.7 Å². The largest absolute Gasteiger partial charge is 0.319 e. The van der Waals surface area contributed by atoms with Crippen molar-refractivity contribution in [1.29, 1.82) is 0 Å². The number of rotatable bonds is 4. The van der Waals surface area contributed by atoms with Crippen molar-refractivity contribution < 1.29 is 17.2 Å². The highest BCUT2D eigenvalue weighted by Gasteiger charge is 2.32. The average Bonchev–Trinajstić information content (AvgIpc) is 2.43. The Labute approximate surface area is 136 Å². The number of nitrogens with zero attached hydrogens (tertiary/aromatic N) is 1. The van der Waals surface area contributed by atoms with Crippen LogP contribution in [0.15, 0.2) is 17.0 Å². The zero-order valence-corrected chi connectivity index (χ0v) is 14.2. The van der Waals surface area contributed by atoms with Crippen molar-refractivity contribution >= 4 is 22.4 Å². The van der Waals surface area contributed by atoms with Gasteiger partial charge in [0, 0.05) is 19.2 Å². The molecule has 126 valence electrons. The standard InChI is InChI=1S/C14H20F2N2O2S.ClH/c1-10-6-14(13(16)7-12(10)15)21(19,20)18-5-3-4-11(9-18)8-17-2;/h6-7,11,17H,3-5,8-9H2,1-2H3;1H. The normalized spacial score (nSPS) is 19.7. The number of hydrogen-bond acceptors (Lipinski definition) is 3. The molecule has 1 aromatic rings. The lowest BCUT2D eigenvalue weighted by atomic mass is 10.00. The molecule has 1 aliphatic heterocycles. The van der Waals surface area contributed by atoms with Crippen LogP contribution in [-0.4, -0.2) is 39.4 Å². The minimum absolute atomic E-state index is 0. The lowest BCUT2D eigenvalue weighted by molar-refractivity contribution is 0.262. The third-order valence-corrected chi connectivity index (χ3v) is 5.69. The van der Waals surface area contributed by atoms with Crippen LogP contribution >= 0.6 is 12.4 Å². The fraction of sp³-hybridized carbons (Fsp3) is 0.571. The molecule has 0 bridgehead atoms. The van der Waals surface area contributed by atoms with Crippen molar-refractivity contribution in [2.45, 2.75) is 24.7 Å². The van der Waals surface area contributed by atoms with Crippen molar-refractivity contribution in [3.8, 4) is 0 Å². The third-order valence-electron chi connectivity index (χ3n) is 3.81. The molecule has 1 heterocycles. The van der Waals surface area contributed by atoms with Crippen LogP contribution in [0.25, 0.3) is 0 Å². The van der Waals surface area contributed by atoms with Gasteiger partial charge < -0.3 is 5.32 Å². The first-order chi connectivity index (χ1) is 9.86. The highest BCUT2D eigenvalue weighted by molar-refractivity contribution is 7.89. The summed E-state index contributed by atoms with van der Waals surface area (Å²) in [5.74, 6) is -1.56. The van der Waals surface area contributed by atoms with Crippen LogP contribution < -0.4 is 5.32 Å². The summed E-state index contributed by atoms with van der Waals surface area (Å²) < 4.78 is 53.6. The van der Waals surface area contributed by atoms with E-state index in [0.717, 1.165) is 25.5 Å². The summed E-state index contributed by atoms with van der Waals surface area (Å²) in [4.78, 5) is -0.438. The third kappa shape index (κ3) is 3.95. The summed E-state index contributed by atoms with van der Waals surface area (Å²) in [6.45, 7) is 2.88. The number of benzene rings is 1. The van der Waals surface area contributed by atoms with Gasteiger partial charge in [-0.25, -0.2) is 17.2 Å². The second-order valence-corrected chi connectivity index (χ2v) is 7.37. The summed E-state index contributed by atoms with van der Waals surface area (Å²) in [5.41, 5.74) is 0.124. The molecule has 2 rings (SSSR count). The quantitative estimate of drug-likeness (QED) is 0.902. The molecule has 1 aliphatic rings. The van der Waals surface area contributed by atoms with Crippen LogP contribution in [0.4, 0.5) is 8.78 Å². The maximum atomic E-state index is 13.9. The zero-order chi connectivity index (χ0) is 15.6. The van der Waals surface area contributed by atoms with E-state index >= 15 is 0 Å². The van der Waals surface area contributed by atoms with Gasteiger partial charge in [0.15, 0.2) is 0 Å². The second-order valence-electron chi connectivity index (χ2n) is 5.46. The molecule has 1 atom stereocenters. The molecule has 0 radical (unpaired) electrons. The van der Waals surface area contributed by atoms with Gasteiger partial charge in [0.05, 0.1) is 0 Å². The predicted octanol–water partition coefficient (Wildman–Crippen LogP) is 2.32. The van der Waals surface area contributed by atoms with Crippen LogP contribution in [0, 0.1) is 24.5 Å². The van der Waals surface area contributed by atoms with E-state index in [1.807, 2.05) is 7.05 Å². The van der Waals surface area contributed by atoms with Crippen LogP contribution in [0.2, 0.25) is 0 Å². The summed E-state index contributed by atoms with van der Waals surface area (Å²) in [6, 6.07) is 1.71. The summed E-state index contributed by atoms with van der Waals surface area (Å²) >= 11 is 0. The minimum Gasteiger partial charge on any atom is -0.319 e. The van der Waals surface area contributed by atoms with Gasteiger partial charge in [-0.2, -0.15) is 4.31 Å². The number of sulfonamides is 1. The molecule has 8 heteroatoms. The number of halogens is 3. The number of hydrogen-bond donors (Lipinski definition) is 1. The molecule has 0 spiro atoms. The van der Waals surface area contributed by atoms with Gasteiger partial charge in [0.2, 0.25) is 10.0 Å². The van der Waals surface area contributed by atoms with E-state index in [0.29, 0.717) is 19.2 Å². The van der Waals surface area contributed by atoms with E-state index in [2.05, 4.69) is 5.32 Å². The molecule has 0 saturated carbocycles. The predicted molar refractivity (Wildman–Crippen MR) is 83.8 cm³/mol. The van der Waals surface area contributed by atoms with Gasteiger partial charge in [-0.3, -0.25) is 0 Å². The van der Waals surface area contributed by atoms with Gasteiger partial charge in [-0.05, 0) is 50.9 Å². The minimum atomic E-state index is -3.92. The molecule has 1 fully saturated rings. The summed E-state index contributed by atoms with van der Waals surface area (Å²) in [6.07, 6.45) is 1.69. The number of nitrogens with one attached hydrogen (secondary N) is 1. The Morgan fingerprint density at radius 2 is 2.00 bits per heavy atom. The van der Waals surface area contributed by atoms with Crippen molar-refractivity contribution in [3.05, 3.63) is 29.3 Å². The lowest BCUT2D eigenvalue weighted by Gasteiger charge is -2.32. The average molecular weight is 355 g/mol. The Hall–Kier alpha value is -0.760. The summed E-state index contributed by atoms with van der Waals surface area (Å²) in [7, 11) is -2.10. The van der Waals surface area contributed by atoms with Crippen LogP contribution in [0.5, 0.6) is 0 Å². The Kier molecular flexibility index (Phi) is 6.73. The van der Waals surface area contributed by atoms with Gasteiger partial charge in [-0.1, -0.05) is 0 Å². The second kappa shape index (κ2) is 7.68. The Morgan fingerprint density at radius 1 is 1.32 bits per heavy atom. The molecule has 0 amide bonds. The van der Waals surface area contributed by atoms with Crippen LogP contribution in [0.1, 0.15) is 18.4 Å². The highest BCUT2D eigenvalue weighted by atomic mass is 35.5. The van der Waals surface area contributed by atoms with E-state index < -0.39 is 26.6 Å². The summed E-state index contributed by atoms with van der Waals surface area (Å²) in [5, 5.41) is 3.03. The Balaban J connectivity index is 0.00000242. The van der Waals surface area contributed by atoms with E-state index in [-0.39, 0.29) is 23.9 Å². The molecule has 0 aromatic heterocycles. The van der Waals surface area contributed by atoms with E-state index in [1.165, 1.54) is 11.2 Å². The highest BCUT2D eigenvalue weighted by Crippen LogP contribution is 2.26. The SMILES string of the molecule is CNCC1CCCN(S(=O)(=O)c2cc(C)c(F)cc2F)C1.Cl. The topological polar surface area (TPSA) is 49.4 Å². The smallest absolute Gasteiger partial charge is 0.246 e. The number of aryl methyl sites for hydroxylation is 1. The Morgan fingerprint density at radius 3 is 2.64 bits per heavy atom. The maximum absolute atomic E-state index is 13.9. The van der Waals surface area contributed by atoms with Gasteiger partial charge in [0.25, 0.3) is 0 Å². The molecular formula is C14H21ClF2N2O2S. The van der Waals surface area contributed by atoms with Crippen LogP contribution in [0.3, 0.4) is 0 Å². The molecule has 22 heavy (non-hydrogen) atoms. The molecule has 1 N–H and O–H groups in total. The van der Waals surface area contributed by atoms with Crippen molar-refractivity contribution in [1.82, 2.24) is 9.62 Å². The first-order valence-corrected chi connectivity index (χ1v) is 8.40. The molecule has 4 nitrogen and oxygen atoms in total. The van der Waals surface area contributed by atoms with Crippen molar-refractivity contribution in [3.63, 3.8) is 0 Å². The van der Waals surface area contributed by atoms with Crippen molar-refractivity contribution in [2.24, 2.45) is 5.92 Å². The number of piperidine rings is 1. The van der Waals surface area contributed by atoms with Gasteiger partial charge in [0.1, 0.15) is 16.5 Å². The first-order valence-electron chi connectivity index (χ1n) is 6.96. The zero-order valence-electron chi connectivity index (χ0n) is 12.6. The molecule has 1 aromatic carbocycles. The van der Waals surface area contributed by atoms with E-state index in [9.17, 15) is 17.2 Å². The fourth-order valence-electron chi connectivity index (χ4n) is 2.67. The first kappa shape index (κ1) is 19.3. The monoisotopic (exact) mass is 354 g/mol.